The number of hydrogen-bond acceptors (Lipinski definition) is 6. The van der Waals surface area contributed by atoms with Gasteiger partial charge < -0.3 is 5.32 Å². The second-order valence-electron chi connectivity index (χ2n) is 6.76. The molecule has 1 N–H and O–H groups in total. The molecular weight excluding hydrogens is 415 g/mol. The van der Waals surface area contributed by atoms with Crippen LogP contribution in [0.15, 0.2) is 29.2 Å². The first-order chi connectivity index (χ1) is 13.7. The summed E-state index contributed by atoms with van der Waals surface area (Å²) < 4.78 is 40.4. The predicted molar refractivity (Wildman–Crippen MR) is 109 cm³/mol. The Labute approximate surface area is 173 Å². The largest absolute Gasteiger partial charge is 0.315 e. The summed E-state index contributed by atoms with van der Waals surface area (Å²) >= 11 is 1.36. The Morgan fingerprint density at radius 3 is 2.52 bits per heavy atom. The molecule has 154 valence electrons. The summed E-state index contributed by atoms with van der Waals surface area (Å²) in [4.78, 5) is 14.9. The van der Waals surface area contributed by atoms with Gasteiger partial charge in [-0.3, -0.25) is 9.69 Å². The molecule has 3 rings (SSSR count). The van der Waals surface area contributed by atoms with E-state index in [2.05, 4.69) is 11.4 Å². The molecule has 1 amide bonds. The van der Waals surface area contributed by atoms with Gasteiger partial charge in [0.25, 0.3) is 0 Å². The van der Waals surface area contributed by atoms with Crippen molar-refractivity contribution >= 4 is 32.3 Å². The van der Waals surface area contributed by atoms with Crippen LogP contribution in [-0.4, -0.2) is 56.3 Å². The number of nitriles is 1. The Bertz CT molecular complexity index is 1070. The monoisotopic (exact) mass is 436 g/mol. The quantitative estimate of drug-likeness (QED) is 0.776. The number of anilines is 1. The first-order valence-electron chi connectivity index (χ1n) is 9.01. The van der Waals surface area contributed by atoms with E-state index in [0.717, 1.165) is 16.5 Å². The van der Waals surface area contributed by atoms with Crippen molar-refractivity contribution in [1.82, 2.24) is 9.21 Å². The second-order valence-corrected chi connectivity index (χ2v) is 9.89. The number of aryl methyl sites for hydroxylation is 1. The Kier molecular flexibility index (Phi) is 6.33. The first kappa shape index (κ1) is 21.4. The van der Waals surface area contributed by atoms with Crippen LogP contribution in [0, 0.1) is 31.0 Å². The molecule has 1 aliphatic rings. The maximum absolute atomic E-state index is 13.9. The van der Waals surface area contributed by atoms with Gasteiger partial charge in [0, 0.05) is 31.1 Å². The third-order valence-electron chi connectivity index (χ3n) is 4.90. The standard InChI is InChI=1S/C19H21FN4O3S2/c1-13-14(2)28-19(15(13)11-21)22-18(25)12-23-7-9-24(10-8-23)29(26,27)17-6-4-3-5-16(17)20/h3-6H,7-10,12H2,1-2H3,(H,22,25). The maximum Gasteiger partial charge on any atom is 0.246 e. The number of thiophene rings is 1. The van der Waals surface area contributed by atoms with E-state index in [1.165, 1.54) is 33.8 Å². The van der Waals surface area contributed by atoms with Gasteiger partial charge >= 0.3 is 0 Å². The molecule has 0 bridgehead atoms. The number of carbonyl (C=O) groups excluding carboxylic acids is 1. The fourth-order valence-corrected chi connectivity index (χ4v) is 5.65. The third-order valence-corrected chi connectivity index (χ3v) is 7.96. The predicted octanol–water partition coefficient (Wildman–Crippen LogP) is 2.32. The van der Waals surface area contributed by atoms with Gasteiger partial charge in [-0.05, 0) is 31.5 Å². The molecule has 1 saturated heterocycles. The molecule has 7 nitrogen and oxygen atoms in total. The number of benzene rings is 1. The maximum atomic E-state index is 13.9. The van der Waals surface area contributed by atoms with Crippen molar-refractivity contribution in [1.29, 1.82) is 5.26 Å². The van der Waals surface area contributed by atoms with Crippen molar-refractivity contribution in [3.8, 4) is 6.07 Å². The number of rotatable bonds is 5. The summed E-state index contributed by atoms with van der Waals surface area (Å²) in [6.07, 6.45) is 0. The fourth-order valence-electron chi connectivity index (χ4n) is 3.14. The van der Waals surface area contributed by atoms with Gasteiger partial charge in [0.05, 0.1) is 12.1 Å². The molecule has 0 atom stereocenters. The molecule has 1 aromatic carbocycles. The molecule has 1 aliphatic heterocycles. The van der Waals surface area contributed by atoms with Gasteiger partial charge in [-0.1, -0.05) is 12.1 Å². The molecule has 29 heavy (non-hydrogen) atoms. The van der Waals surface area contributed by atoms with Gasteiger partial charge in [0.1, 0.15) is 21.8 Å². The summed E-state index contributed by atoms with van der Waals surface area (Å²) in [6.45, 7) is 4.88. The molecule has 2 aromatic rings. The van der Waals surface area contributed by atoms with Crippen LogP contribution in [0.1, 0.15) is 16.0 Å². The molecule has 0 spiro atoms. The Morgan fingerprint density at radius 1 is 1.24 bits per heavy atom. The van der Waals surface area contributed by atoms with Crippen molar-refractivity contribution in [2.24, 2.45) is 0 Å². The normalized spacial score (nSPS) is 15.8. The number of amides is 1. The van der Waals surface area contributed by atoms with E-state index < -0.39 is 15.8 Å². The van der Waals surface area contributed by atoms with Crippen LogP contribution in [0.3, 0.4) is 0 Å². The lowest BCUT2D eigenvalue weighted by Crippen LogP contribution is -2.50. The molecule has 2 heterocycles. The zero-order chi connectivity index (χ0) is 21.2. The van der Waals surface area contributed by atoms with Crippen molar-refractivity contribution in [2.75, 3.05) is 38.0 Å². The summed E-state index contributed by atoms with van der Waals surface area (Å²) in [5.41, 5.74) is 1.33. The summed E-state index contributed by atoms with van der Waals surface area (Å²) in [5.74, 6) is -1.03. The van der Waals surface area contributed by atoms with E-state index in [9.17, 15) is 22.9 Å². The lowest BCUT2D eigenvalue weighted by atomic mass is 10.2. The SMILES string of the molecule is Cc1sc(NC(=O)CN2CCN(S(=O)(=O)c3ccccc3F)CC2)c(C#N)c1C. The van der Waals surface area contributed by atoms with E-state index in [0.29, 0.717) is 23.7 Å². The average molecular weight is 437 g/mol. The minimum Gasteiger partial charge on any atom is -0.315 e. The smallest absolute Gasteiger partial charge is 0.246 e. The topological polar surface area (TPSA) is 93.5 Å². The molecule has 0 radical (unpaired) electrons. The van der Waals surface area contributed by atoms with E-state index in [4.69, 9.17) is 0 Å². The number of carbonyl (C=O) groups is 1. The Hall–Kier alpha value is -2.32. The van der Waals surface area contributed by atoms with Crippen LogP contribution in [-0.2, 0) is 14.8 Å². The van der Waals surface area contributed by atoms with E-state index in [-0.39, 0.29) is 30.4 Å². The zero-order valence-electron chi connectivity index (χ0n) is 16.1. The van der Waals surface area contributed by atoms with Gasteiger partial charge in [-0.15, -0.1) is 11.3 Å². The highest BCUT2D eigenvalue weighted by Crippen LogP contribution is 2.31. The van der Waals surface area contributed by atoms with Gasteiger partial charge in [0.15, 0.2) is 0 Å². The van der Waals surface area contributed by atoms with Crippen molar-refractivity contribution in [3.63, 3.8) is 0 Å². The highest BCUT2D eigenvalue weighted by molar-refractivity contribution is 7.89. The van der Waals surface area contributed by atoms with Gasteiger partial charge in [-0.2, -0.15) is 9.57 Å². The number of piperazine rings is 1. The number of sulfonamides is 1. The molecule has 0 unspecified atom stereocenters. The summed E-state index contributed by atoms with van der Waals surface area (Å²) in [7, 11) is -3.91. The summed E-state index contributed by atoms with van der Waals surface area (Å²) in [6, 6.07) is 7.42. The highest BCUT2D eigenvalue weighted by Gasteiger charge is 2.31. The van der Waals surface area contributed by atoms with E-state index in [1.807, 2.05) is 18.7 Å². The number of halogens is 1. The third kappa shape index (κ3) is 4.48. The van der Waals surface area contributed by atoms with Crippen molar-refractivity contribution in [2.45, 2.75) is 18.7 Å². The van der Waals surface area contributed by atoms with Crippen LogP contribution in [0.2, 0.25) is 0 Å². The highest BCUT2D eigenvalue weighted by atomic mass is 32.2. The molecule has 0 saturated carbocycles. The zero-order valence-corrected chi connectivity index (χ0v) is 17.7. The minimum absolute atomic E-state index is 0.0917. The van der Waals surface area contributed by atoms with E-state index in [1.54, 1.807) is 0 Å². The number of nitrogens with one attached hydrogen (secondary N) is 1. The fraction of sp³-hybridized carbons (Fsp3) is 0.368. The van der Waals surface area contributed by atoms with E-state index >= 15 is 0 Å². The average Bonchev–Trinajstić information content (AvgIpc) is 2.95. The van der Waals surface area contributed by atoms with Gasteiger partial charge in [-0.25, -0.2) is 12.8 Å². The van der Waals surface area contributed by atoms with Crippen molar-refractivity contribution in [3.05, 3.63) is 46.1 Å². The second kappa shape index (κ2) is 8.59. The molecule has 1 fully saturated rings. The first-order valence-corrected chi connectivity index (χ1v) is 11.3. The minimum atomic E-state index is -3.91. The number of nitrogens with zero attached hydrogens (tertiary/aromatic N) is 3. The molecule has 10 heteroatoms. The molecule has 0 aliphatic carbocycles. The van der Waals surface area contributed by atoms with Gasteiger partial charge in [0.2, 0.25) is 15.9 Å². The van der Waals surface area contributed by atoms with Crippen LogP contribution < -0.4 is 5.32 Å². The molecular formula is C19H21FN4O3S2. The van der Waals surface area contributed by atoms with Crippen molar-refractivity contribution < 1.29 is 17.6 Å². The lowest BCUT2D eigenvalue weighted by Gasteiger charge is -2.33. The van der Waals surface area contributed by atoms with Crippen LogP contribution >= 0.6 is 11.3 Å². The van der Waals surface area contributed by atoms with Crippen LogP contribution in [0.5, 0.6) is 0 Å². The Balaban J connectivity index is 1.59. The summed E-state index contributed by atoms with van der Waals surface area (Å²) in [5, 5.41) is 12.6. The molecule has 1 aromatic heterocycles. The number of hydrogen-bond donors (Lipinski definition) is 1. The Morgan fingerprint density at radius 2 is 1.90 bits per heavy atom. The van der Waals surface area contributed by atoms with Crippen LogP contribution in [0.25, 0.3) is 0 Å². The lowest BCUT2D eigenvalue weighted by molar-refractivity contribution is -0.117. The van der Waals surface area contributed by atoms with Crippen LogP contribution in [0.4, 0.5) is 9.39 Å².